The molecule has 2 N–H and O–H groups in total. The van der Waals surface area contributed by atoms with Gasteiger partial charge in [-0.05, 0) is 55.5 Å². The third-order valence-corrected chi connectivity index (χ3v) is 6.38. The van der Waals surface area contributed by atoms with Gasteiger partial charge in [0.25, 0.3) is 0 Å². The van der Waals surface area contributed by atoms with Crippen LogP contribution < -0.4 is 20.4 Å². The van der Waals surface area contributed by atoms with Crippen molar-refractivity contribution >= 4 is 41.4 Å². The highest BCUT2D eigenvalue weighted by molar-refractivity contribution is 14.0. The second-order valence-electron chi connectivity index (χ2n) is 8.59. The Morgan fingerprint density at radius 1 is 0.969 bits per heavy atom. The van der Waals surface area contributed by atoms with Crippen LogP contribution in [0.2, 0.25) is 0 Å². The summed E-state index contributed by atoms with van der Waals surface area (Å²) in [5.41, 5.74) is 2.57. The fraction of sp³-hybridized carbons (Fsp3) is 0.520. The average Bonchev–Trinajstić information content (AvgIpc) is 3.13. The number of para-hydroxylation sites is 1. The minimum atomic E-state index is 0. The number of aromatic nitrogens is 1. The van der Waals surface area contributed by atoms with Gasteiger partial charge in [0.1, 0.15) is 5.82 Å². The van der Waals surface area contributed by atoms with E-state index >= 15 is 0 Å². The summed E-state index contributed by atoms with van der Waals surface area (Å²) in [5.74, 6) is 1.99. The minimum Gasteiger partial charge on any atom is -0.371 e. The Hall–Kier alpha value is -2.03. The molecule has 1 aromatic carbocycles. The fourth-order valence-electron chi connectivity index (χ4n) is 4.54. The number of piperidine rings is 1. The number of benzene rings is 1. The molecule has 174 valence electrons. The molecule has 3 heterocycles. The molecule has 0 spiro atoms. The predicted octanol–water partition coefficient (Wildman–Crippen LogP) is 4.41. The van der Waals surface area contributed by atoms with Crippen LogP contribution in [0.4, 0.5) is 11.5 Å². The Morgan fingerprint density at radius 3 is 2.38 bits per heavy atom. The van der Waals surface area contributed by atoms with Crippen LogP contribution in [0, 0.1) is 0 Å². The highest BCUT2D eigenvalue weighted by Gasteiger charge is 2.20. The lowest BCUT2D eigenvalue weighted by Crippen LogP contribution is -2.48. The van der Waals surface area contributed by atoms with Crippen molar-refractivity contribution in [1.29, 1.82) is 0 Å². The minimum absolute atomic E-state index is 0. The lowest BCUT2D eigenvalue weighted by Gasteiger charge is -2.34. The Morgan fingerprint density at radius 2 is 1.69 bits per heavy atom. The molecule has 0 aliphatic carbocycles. The Bertz CT molecular complexity index is 827. The number of rotatable bonds is 5. The molecule has 7 heteroatoms. The summed E-state index contributed by atoms with van der Waals surface area (Å²) in [7, 11) is 1.85. The number of pyridine rings is 1. The van der Waals surface area contributed by atoms with Crippen LogP contribution in [-0.4, -0.2) is 50.2 Å². The van der Waals surface area contributed by atoms with Crippen LogP contribution in [0.25, 0.3) is 0 Å². The summed E-state index contributed by atoms with van der Waals surface area (Å²) in [4.78, 5) is 14.0. The summed E-state index contributed by atoms with van der Waals surface area (Å²) in [6, 6.07) is 15.5. The SMILES string of the molecule is CN=C(NCc1ccnc(N2CCCCCC2)c1)NC1CCN(c2ccccc2)CC1.I. The number of hydrogen-bond acceptors (Lipinski definition) is 4. The first kappa shape index (κ1) is 24.6. The van der Waals surface area contributed by atoms with Crippen molar-refractivity contribution in [3.8, 4) is 0 Å². The van der Waals surface area contributed by atoms with Gasteiger partial charge >= 0.3 is 0 Å². The maximum atomic E-state index is 4.63. The molecule has 2 aromatic rings. The molecule has 0 amide bonds. The van der Waals surface area contributed by atoms with Crippen molar-refractivity contribution in [2.24, 2.45) is 4.99 Å². The van der Waals surface area contributed by atoms with Gasteiger partial charge in [-0.2, -0.15) is 0 Å². The van der Waals surface area contributed by atoms with Crippen LogP contribution >= 0.6 is 24.0 Å². The first-order valence-corrected chi connectivity index (χ1v) is 11.8. The molecule has 6 nitrogen and oxygen atoms in total. The van der Waals surface area contributed by atoms with E-state index in [-0.39, 0.29) is 24.0 Å². The quantitative estimate of drug-likeness (QED) is 0.330. The third kappa shape index (κ3) is 6.98. The molecule has 0 bridgehead atoms. The molecule has 32 heavy (non-hydrogen) atoms. The predicted molar refractivity (Wildman–Crippen MR) is 145 cm³/mol. The third-order valence-electron chi connectivity index (χ3n) is 6.38. The van der Waals surface area contributed by atoms with Crippen molar-refractivity contribution in [1.82, 2.24) is 15.6 Å². The molecule has 2 saturated heterocycles. The lowest BCUT2D eigenvalue weighted by molar-refractivity contribution is 0.461. The van der Waals surface area contributed by atoms with Crippen LogP contribution in [0.15, 0.2) is 53.7 Å². The topological polar surface area (TPSA) is 55.8 Å². The van der Waals surface area contributed by atoms with E-state index in [1.165, 1.54) is 36.9 Å². The van der Waals surface area contributed by atoms with E-state index in [0.717, 1.165) is 57.3 Å². The van der Waals surface area contributed by atoms with E-state index in [0.29, 0.717) is 6.04 Å². The summed E-state index contributed by atoms with van der Waals surface area (Å²) in [6.07, 6.45) is 9.38. The van der Waals surface area contributed by atoms with Crippen LogP contribution in [0.3, 0.4) is 0 Å². The molecule has 2 fully saturated rings. The number of anilines is 2. The first-order chi connectivity index (χ1) is 15.3. The van der Waals surface area contributed by atoms with Crippen LogP contribution in [0.1, 0.15) is 44.1 Å². The van der Waals surface area contributed by atoms with Gasteiger partial charge in [-0.15, -0.1) is 24.0 Å². The number of aliphatic imine (C=N–C) groups is 1. The van der Waals surface area contributed by atoms with Crippen molar-refractivity contribution in [3.63, 3.8) is 0 Å². The van der Waals surface area contributed by atoms with Gasteiger partial charge in [0.15, 0.2) is 5.96 Å². The summed E-state index contributed by atoms with van der Waals surface area (Å²) in [6.45, 7) is 5.14. The van der Waals surface area contributed by atoms with Gasteiger partial charge in [0.2, 0.25) is 0 Å². The molecule has 0 saturated carbocycles. The molecule has 0 atom stereocenters. The molecule has 0 unspecified atom stereocenters. The molecule has 0 radical (unpaired) electrons. The summed E-state index contributed by atoms with van der Waals surface area (Å²) < 4.78 is 0. The van der Waals surface area contributed by atoms with E-state index in [1.807, 2.05) is 13.2 Å². The van der Waals surface area contributed by atoms with E-state index in [4.69, 9.17) is 0 Å². The van der Waals surface area contributed by atoms with Gasteiger partial charge in [-0.1, -0.05) is 31.0 Å². The second-order valence-corrected chi connectivity index (χ2v) is 8.59. The van der Waals surface area contributed by atoms with Gasteiger partial charge in [0.05, 0.1) is 0 Å². The van der Waals surface area contributed by atoms with Crippen LogP contribution in [-0.2, 0) is 6.54 Å². The highest BCUT2D eigenvalue weighted by atomic mass is 127. The molecule has 2 aliphatic heterocycles. The molecular weight excluding hydrogens is 511 g/mol. The van der Waals surface area contributed by atoms with Crippen molar-refractivity contribution < 1.29 is 0 Å². The number of halogens is 1. The fourth-order valence-corrected chi connectivity index (χ4v) is 4.54. The lowest BCUT2D eigenvalue weighted by atomic mass is 10.0. The van der Waals surface area contributed by atoms with Gasteiger partial charge in [-0.25, -0.2) is 4.98 Å². The zero-order valence-corrected chi connectivity index (χ0v) is 21.5. The largest absolute Gasteiger partial charge is 0.371 e. The molecule has 4 rings (SSSR count). The summed E-state index contributed by atoms with van der Waals surface area (Å²) >= 11 is 0. The van der Waals surface area contributed by atoms with Gasteiger partial charge in [-0.3, -0.25) is 4.99 Å². The van der Waals surface area contributed by atoms with Gasteiger partial charge in [0, 0.05) is 57.7 Å². The van der Waals surface area contributed by atoms with Crippen LogP contribution in [0.5, 0.6) is 0 Å². The Balaban J connectivity index is 0.00000289. The van der Waals surface area contributed by atoms with E-state index in [9.17, 15) is 0 Å². The number of hydrogen-bond donors (Lipinski definition) is 2. The van der Waals surface area contributed by atoms with Gasteiger partial charge < -0.3 is 20.4 Å². The van der Waals surface area contributed by atoms with Crippen molar-refractivity contribution in [3.05, 3.63) is 54.2 Å². The monoisotopic (exact) mass is 548 g/mol. The number of guanidine groups is 1. The van der Waals surface area contributed by atoms with E-state index in [1.54, 1.807) is 0 Å². The number of nitrogens with zero attached hydrogens (tertiary/aromatic N) is 4. The average molecular weight is 549 g/mol. The Kier molecular flexibility index (Phi) is 9.89. The normalized spacial score (nSPS) is 18.0. The van der Waals surface area contributed by atoms with E-state index in [2.05, 4.69) is 72.9 Å². The summed E-state index contributed by atoms with van der Waals surface area (Å²) in [5, 5.41) is 7.12. The standard InChI is InChI=1S/C25H36N6.HI/c1-26-25(29-22-12-17-30(18-13-22)23-9-5-4-6-10-23)28-20-21-11-14-27-24(19-21)31-15-7-2-3-8-16-31;/h4-6,9-11,14,19,22H,2-3,7-8,12-13,15-18,20H2,1H3,(H2,26,28,29);1H. The first-order valence-electron chi connectivity index (χ1n) is 11.8. The molecule has 2 aliphatic rings. The number of nitrogens with one attached hydrogen (secondary N) is 2. The Labute approximate surface area is 209 Å². The maximum absolute atomic E-state index is 4.63. The van der Waals surface area contributed by atoms with E-state index < -0.39 is 0 Å². The molecule has 1 aromatic heterocycles. The molecular formula is C25H37IN6. The van der Waals surface area contributed by atoms with Crippen molar-refractivity contribution in [2.75, 3.05) is 43.0 Å². The van der Waals surface area contributed by atoms with Crippen molar-refractivity contribution in [2.45, 2.75) is 51.1 Å². The highest BCUT2D eigenvalue weighted by Crippen LogP contribution is 2.20. The maximum Gasteiger partial charge on any atom is 0.191 e. The smallest absolute Gasteiger partial charge is 0.191 e. The zero-order valence-electron chi connectivity index (χ0n) is 19.2. The second kappa shape index (κ2) is 12.9. The zero-order chi connectivity index (χ0) is 21.3.